The molecule has 6 aromatic heterocycles. The molecule has 9 aliphatic rings. The Morgan fingerprint density at radius 2 is 0.610 bits per heavy atom. The van der Waals surface area contributed by atoms with Crippen LogP contribution in [0.2, 0.25) is 0 Å². The molecule has 0 aliphatic carbocycles. The van der Waals surface area contributed by atoms with E-state index in [1.807, 2.05) is 163 Å². The van der Waals surface area contributed by atoms with Gasteiger partial charge in [-0.2, -0.15) is 0 Å². The fraction of sp³-hybridized carbons (Fsp3) is 0.420. The maximum atomic E-state index is 11.8. The summed E-state index contributed by atoms with van der Waals surface area (Å²) in [6.07, 6.45) is 38.5. The smallest absolute Gasteiger partial charge is 0.350 e. The summed E-state index contributed by atoms with van der Waals surface area (Å²) in [5.74, 6) is 1.77. The zero-order valence-electron chi connectivity index (χ0n) is 86.3. The SMILES string of the molecule is C/C(=C\COc1c2c(cc3occc13)OC1(C=C2)OC(CC/C(C)=C/COc2ccc3ccc(=O)oc3c2)C(C)(C)O1)CCC1OC1(C)C.C/C(=C\COc1ccc2c(c1)OC1(C=C2)OC(CC/C(C)=C/COc2c3ccoc3cc3oc(=O)ccc23)C(C)(C)O1)CCC1OC1(C)C.C/C(=C\COc1ccc2ccc(=O)oc2c1)CCC1OC2(C=Cc3c(cc4occc4c3OC/C=C(\C)CC3OC3(C)C)O2)OC1(C)C. The molecular formula is C119H130O27. The molecule has 9 unspecified atom stereocenters. The molecule has 146 heavy (non-hydrogen) atoms. The number of fused-ring (bicyclic) bond motifs is 9. The fourth-order valence-corrected chi connectivity index (χ4v) is 19.3. The summed E-state index contributed by atoms with van der Waals surface area (Å²) in [4.78, 5) is 34.9. The maximum Gasteiger partial charge on any atom is 0.350 e. The van der Waals surface area contributed by atoms with Crippen molar-refractivity contribution in [3.63, 3.8) is 0 Å². The molecule has 27 nitrogen and oxygen atoms in total. The monoisotopic (exact) mass is 1990 g/mol. The maximum absolute atomic E-state index is 11.8. The van der Waals surface area contributed by atoms with Crippen LogP contribution in [0.5, 0.6) is 51.7 Å². The molecule has 21 rings (SSSR count). The Bertz CT molecular complexity index is 7380. The highest BCUT2D eigenvalue weighted by Crippen LogP contribution is 2.53. The largest absolute Gasteiger partial charge is 0.489 e. The van der Waals surface area contributed by atoms with Crippen molar-refractivity contribution >= 4 is 84.0 Å². The van der Waals surface area contributed by atoms with Crippen molar-refractivity contribution < 1.29 is 112 Å². The van der Waals surface area contributed by atoms with Gasteiger partial charge in [-0.15, -0.1) is 0 Å². The number of allylic oxidation sites excluding steroid dienone is 5. The van der Waals surface area contributed by atoms with Crippen LogP contribution in [-0.2, 0) is 42.6 Å². The number of rotatable bonds is 35. The molecule has 0 radical (unpaired) electrons. The zero-order valence-corrected chi connectivity index (χ0v) is 86.3. The van der Waals surface area contributed by atoms with E-state index in [4.69, 9.17) is 112 Å². The van der Waals surface area contributed by atoms with Crippen LogP contribution in [0.15, 0.2) is 275 Å². The van der Waals surface area contributed by atoms with Crippen LogP contribution in [0.4, 0.5) is 0 Å². The van der Waals surface area contributed by atoms with Gasteiger partial charge in [-0.25, -0.2) is 14.4 Å². The van der Waals surface area contributed by atoms with E-state index < -0.39 is 40.3 Å². The molecule has 12 aromatic rings. The van der Waals surface area contributed by atoms with Crippen LogP contribution in [0.1, 0.15) is 212 Å². The summed E-state index contributed by atoms with van der Waals surface area (Å²) < 4.78 is 145. The van der Waals surface area contributed by atoms with Crippen molar-refractivity contribution in [2.24, 2.45) is 0 Å². The van der Waals surface area contributed by atoms with E-state index >= 15 is 0 Å². The third-order valence-electron chi connectivity index (χ3n) is 28.5. The third-order valence-corrected chi connectivity index (χ3v) is 28.5. The molecule has 9 atom stereocenters. The lowest BCUT2D eigenvalue weighted by atomic mass is 9.96. The van der Waals surface area contributed by atoms with Gasteiger partial charge in [0.15, 0.2) is 0 Å². The number of hydrogen-bond donors (Lipinski definition) is 0. The predicted octanol–water partition coefficient (Wildman–Crippen LogP) is 26.3. The minimum absolute atomic E-state index is 0.00721. The lowest BCUT2D eigenvalue weighted by Crippen LogP contribution is -2.39. The fourth-order valence-electron chi connectivity index (χ4n) is 19.3. The van der Waals surface area contributed by atoms with Gasteiger partial charge in [0.2, 0.25) is 0 Å². The number of epoxide rings is 3. The van der Waals surface area contributed by atoms with Gasteiger partial charge in [0.05, 0.1) is 122 Å². The van der Waals surface area contributed by atoms with Crippen LogP contribution in [0.3, 0.4) is 0 Å². The quantitative estimate of drug-likeness (QED) is 0.0202. The second kappa shape index (κ2) is 41.1. The Morgan fingerprint density at radius 3 is 1.01 bits per heavy atom. The Kier molecular flexibility index (Phi) is 28.6. The van der Waals surface area contributed by atoms with Crippen molar-refractivity contribution in [2.45, 2.75) is 283 Å². The van der Waals surface area contributed by atoms with Crippen LogP contribution in [-0.4, -0.2) is 128 Å². The molecule has 9 aliphatic heterocycles. The lowest BCUT2D eigenvalue weighted by Gasteiger charge is -2.30. The summed E-state index contributed by atoms with van der Waals surface area (Å²) in [7, 11) is 0. The van der Waals surface area contributed by atoms with Gasteiger partial charge in [-0.3, -0.25) is 0 Å². The number of furan rings is 3. The average Bonchev–Trinajstić information content (AvgIpc) is 1.58. The van der Waals surface area contributed by atoms with E-state index in [0.29, 0.717) is 131 Å². The second-order valence-electron chi connectivity index (χ2n) is 42.5. The minimum Gasteiger partial charge on any atom is -0.489 e. The minimum atomic E-state index is -1.36. The lowest BCUT2D eigenvalue weighted by molar-refractivity contribution is -0.271. The molecule has 6 fully saturated rings. The van der Waals surface area contributed by atoms with E-state index in [-0.39, 0.29) is 52.5 Å². The van der Waals surface area contributed by atoms with E-state index in [1.54, 1.807) is 55.2 Å². The molecule has 0 bridgehead atoms. The third kappa shape index (κ3) is 23.5. The van der Waals surface area contributed by atoms with Gasteiger partial charge in [0.25, 0.3) is 0 Å². The molecule has 6 saturated heterocycles. The number of hydrogen-bond acceptors (Lipinski definition) is 27. The first-order valence-corrected chi connectivity index (χ1v) is 50.5. The Hall–Kier alpha value is -12.9. The summed E-state index contributed by atoms with van der Waals surface area (Å²) in [6, 6.07) is 37.3. The molecule has 3 spiro atoms. The van der Waals surface area contributed by atoms with Gasteiger partial charge < -0.3 is 112 Å². The van der Waals surface area contributed by atoms with Crippen molar-refractivity contribution in [3.05, 3.63) is 282 Å². The van der Waals surface area contributed by atoms with Gasteiger partial charge >= 0.3 is 34.8 Å². The molecule has 0 N–H and O–H groups in total. The molecule has 27 heteroatoms. The standard InChI is InChI=1S/2C40H44O9.C39H42O9/c1-25(16-20-42-28-11-9-27-10-14-36(41)45-31(27)23-28)8-13-35-39(5,6)49-40(48-35)19-15-29-33(46-40)24-32-30(18-22-43-32)37(29)44-21-17-26(2)7-12-34-38(3,4)47-34;1-25(7-12-34-38(3,4)47-34)16-20-42-28-10-9-27-15-19-40(46-31(27)23-28)48-35(39(5,6)49-40)13-8-26(2)17-21-44-37-29-11-14-36(41)45-33(29)24-32-30(37)18-22-43-32;1-24(14-18-41-27-10-8-26-9-12-35(40)44-30(26)22-27)7-11-33-38(5,6)48-39(47-33)17-13-28-32(45-39)23-31-29(16-20-42-31)36(28)43-19-15-25(2)21-34-37(3,4)46-34/h2*9-11,14-19,22-24,34-35H,7-8,12-13,20-21H2,1-6H3;8-10,12-17,20,22-23,33-34H,7,11,18-19,21H2,1-6H3/b2*25-16+,26-17+;24-14+,25-15+. The van der Waals surface area contributed by atoms with Crippen molar-refractivity contribution in [3.8, 4) is 51.7 Å². The van der Waals surface area contributed by atoms with Crippen LogP contribution < -0.4 is 59.5 Å². The topological polar surface area (TPSA) is 306 Å². The summed E-state index contributed by atoms with van der Waals surface area (Å²) in [5.41, 5.74) is 10.2. The average molecular weight is 1990 g/mol. The van der Waals surface area contributed by atoms with Crippen LogP contribution in [0.25, 0.3) is 84.0 Å². The van der Waals surface area contributed by atoms with Crippen molar-refractivity contribution in [1.29, 1.82) is 0 Å². The predicted molar refractivity (Wildman–Crippen MR) is 557 cm³/mol. The summed E-state index contributed by atoms with van der Waals surface area (Å²) in [5, 5.41) is 4.99. The Labute approximate surface area is 848 Å². The summed E-state index contributed by atoms with van der Waals surface area (Å²) >= 11 is 0. The van der Waals surface area contributed by atoms with Crippen molar-refractivity contribution in [2.75, 3.05) is 39.6 Å². The van der Waals surface area contributed by atoms with Gasteiger partial charge in [0, 0.05) is 89.2 Å². The molecule has 768 valence electrons. The Morgan fingerprint density at radius 1 is 0.295 bits per heavy atom. The van der Waals surface area contributed by atoms with E-state index in [9.17, 15) is 14.4 Å². The van der Waals surface area contributed by atoms with Gasteiger partial charge in [-0.1, -0.05) is 33.4 Å². The second-order valence-corrected chi connectivity index (χ2v) is 42.5. The normalized spacial score (nSPS) is 24.0. The molecular weight excluding hydrogens is 1860 g/mol. The van der Waals surface area contributed by atoms with E-state index in [0.717, 1.165) is 142 Å². The summed E-state index contributed by atoms with van der Waals surface area (Å²) in [6.45, 7) is 39.9. The van der Waals surface area contributed by atoms with E-state index in [1.165, 1.54) is 34.9 Å². The highest BCUT2D eigenvalue weighted by Gasteiger charge is 2.58. The first-order chi connectivity index (χ1) is 69.7. The van der Waals surface area contributed by atoms with Gasteiger partial charge in [0.1, 0.15) is 125 Å². The Balaban J connectivity index is 0.000000138. The highest BCUT2D eigenvalue weighted by atomic mass is 16.9. The van der Waals surface area contributed by atoms with Crippen LogP contribution >= 0.6 is 0 Å². The molecule has 15 heterocycles. The first kappa shape index (κ1) is 102. The van der Waals surface area contributed by atoms with Crippen LogP contribution in [0, 0.1) is 0 Å². The molecule has 0 amide bonds. The zero-order chi connectivity index (χ0) is 102. The van der Waals surface area contributed by atoms with Crippen molar-refractivity contribution in [1.82, 2.24) is 0 Å². The van der Waals surface area contributed by atoms with Gasteiger partial charge in [-0.05, 0) is 323 Å². The number of benzene rings is 6. The first-order valence-electron chi connectivity index (χ1n) is 50.5. The highest BCUT2D eigenvalue weighted by molar-refractivity contribution is 6.01. The molecule has 0 saturated carbocycles. The molecule has 6 aromatic carbocycles. The van der Waals surface area contributed by atoms with E-state index in [2.05, 4.69) is 107 Å². The number of ether oxygens (including phenoxy) is 18.